The molecule has 3 aromatic rings. The lowest BCUT2D eigenvalue weighted by atomic mass is 10.1. The Morgan fingerprint density at radius 1 is 1.12 bits per heavy atom. The predicted octanol–water partition coefficient (Wildman–Crippen LogP) is 3.67. The van der Waals surface area contributed by atoms with Crippen molar-refractivity contribution in [2.75, 3.05) is 4.90 Å². The molecule has 4 rings (SSSR count). The highest BCUT2D eigenvalue weighted by Gasteiger charge is 2.25. The van der Waals surface area contributed by atoms with E-state index in [0.29, 0.717) is 12.1 Å². The van der Waals surface area contributed by atoms with Crippen LogP contribution in [0.4, 0.5) is 11.4 Å². The smallest absolute Gasteiger partial charge is 0.269 e. The van der Waals surface area contributed by atoms with Gasteiger partial charge in [-0.2, -0.15) is 0 Å². The maximum atomic E-state index is 13.0. The second kappa shape index (κ2) is 5.61. The van der Waals surface area contributed by atoms with Crippen LogP contribution in [0, 0.1) is 10.1 Å². The summed E-state index contributed by atoms with van der Waals surface area (Å²) in [6.07, 6.45) is 2.01. The fourth-order valence-corrected chi connectivity index (χ4v) is 3.78. The summed E-state index contributed by atoms with van der Waals surface area (Å²) < 4.78 is 2.14. The van der Waals surface area contributed by atoms with E-state index in [9.17, 15) is 14.9 Å². The van der Waals surface area contributed by atoms with E-state index in [2.05, 4.69) is 4.57 Å². The molecule has 6 nitrogen and oxygen atoms in total. The first-order chi connectivity index (χ1) is 11.6. The molecule has 0 fully saturated rings. The first-order valence-electron chi connectivity index (χ1n) is 7.40. The van der Waals surface area contributed by atoms with Crippen molar-refractivity contribution in [3.05, 3.63) is 80.3 Å². The number of fused-ring (bicyclic) bond motifs is 2. The van der Waals surface area contributed by atoms with Gasteiger partial charge in [-0.3, -0.25) is 14.9 Å². The average Bonchev–Trinajstić information content (AvgIpc) is 3.20. The fraction of sp³-hybridized carbons (Fsp3) is 0.118. The molecule has 2 aromatic heterocycles. The molecule has 24 heavy (non-hydrogen) atoms. The van der Waals surface area contributed by atoms with Crippen molar-refractivity contribution in [3.8, 4) is 0 Å². The number of amides is 1. The Morgan fingerprint density at radius 3 is 2.67 bits per heavy atom. The van der Waals surface area contributed by atoms with E-state index in [0.717, 1.165) is 22.8 Å². The van der Waals surface area contributed by atoms with Crippen molar-refractivity contribution in [2.24, 2.45) is 0 Å². The van der Waals surface area contributed by atoms with E-state index >= 15 is 0 Å². The fourth-order valence-electron chi connectivity index (χ4n) is 2.90. The molecule has 1 aliphatic heterocycles. The lowest BCUT2D eigenvalue weighted by Gasteiger charge is -2.21. The number of thiophene rings is 1. The summed E-state index contributed by atoms with van der Waals surface area (Å²) in [6.45, 7) is 1.23. The predicted molar refractivity (Wildman–Crippen MR) is 91.5 cm³/mol. The number of non-ortho nitro benzene ring substituents is 1. The summed E-state index contributed by atoms with van der Waals surface area (Å²) in [6, 6.07) is 11.7. The van der Waals surface area contributed by atoms with Gasteiger partial charge in [-0.25, -0.2) is 0 Å². The highest BCUT2D eigenvalue weighted by molar-refractivity contribution is 7.10. The topological polar surface area (TPSA) is 68.4 Å². The van der Waals surface area contributed by atoms with Gasteiger partial charge in [-0.1, -0.05) is 0 Å². The van der Waals surface area contributed by atoms with Crippen molar-refractivity contribution >= 4 is 28.6 Å². The summed E-state index contributed by atoms with van der Waals surface area (Å²) in [5.41, 5.74) is 2.39. The number of nitro benzene ring substituents is 1. The van der Waals surface area contributed by atoms with Gasteiger partial charge >= 0.3 is 0 Å². The van der Waals surface area contributed by atoms with Gasteiger partial charge in [0, 0.05) is 34.5 Å². The zero-order valence-electron chi connectivity index (χ0n) is 12.6. The van der Waals surface area contributed by atoms with Crippen LogP contribution in [0.5, 0.6) is 0 Å². The summed E-state index contributed by atoms with van der Waals surface area (Å²) in [7, 11) is 0. The number of hydrogen-bond acceptors (Lipinski definition) is 4. The zero-order chi connectivity index (χ0) is 16.7. The molecule has 0 unspecified atom stereocenters. The van der Waals surface area contributed by atoms with Gasteiger partial charge in [0.1, 0.15) is 0 Å². The van der Waals surface area contributed by atoms with Gasteiger partial charge in [0.05, 0.1) is 23.7 Å². The Hall–Kier alpha value is -2.93. The largest absolute Gasteiger partial charge is 0.344 e. The maximum absolute atomic E-state index is 13.0. The summed E-state index contributed by atoms with van der Waals surface area (Å²) in [4.78, 5) is 26.2. The summed E-state index contributed by atoms with van der Waals surface area (Å²) >= 11 is 1.62. The number of anilines is 1. The third-order valence-electron chi connectivity index (χ3n) is 4.14. The van der Waals surface area contributed by atoms with Crippen LogP contribution in [0.2, 0.25) is 0 Å². The van der Waals surface area contributed by atoms with Crippen LogP contribution >= 0.6 is 11.3 Å². The quantitative estimate of drug-likeness (QED) is 0.528. The van der Waals surface area contributed by atoms with Gasteiger partial charge in [0.15, 0.2) is 0 Å². The van der Waals surface area contributed by atoms with E-state index in [4.69, 9.17) is 0 Å². The van der Waals surface area contributed by atoms with Crippen LogP contribution < -0.4 is 4.90 Å². The lowest BCUT2D eigenvalue weighted by molar-refractivity contribution is -0.384. The summed E-state index contributed by atoms with van der Waals surface area (Å²) in [5, 5.41) is 12.8. The van der Waals surface area contributed by atoms with E-state index < -0.39 is 4.92 Å². The summed E-state index contributed by atoms with van der Waals surface area (Å²) in [5.74, 6) is -0.154. The Bertz CT molecular complexity index is 927. The van der Waals surface area contributed by atoms with Gasteiger partial charge in [-0.15, -0.1) is 11.3 Å². The molecular weight excluding hydrogens is 326 g/mol. The minimum Gasteiger partial charge on any atom is -0.344 e. The minimum absolute atomic E-state index is 0.0208. The molecule has 120 valence electrons. The Kier molecular flexibility index (Phi) is 3.42. The van der Waals surface area contributed by atoms with Crippen LogP contribution in [0.15, 0.2) is 54.0 Å². The van der Waals surface area contributed by atoms with Crippen molar-refractivity contribution in [2.45, 2.75) is 13.1 Å². The van der Waals surface area contributed by atoms with Crippen molar-refractivity contribution in [1.29, 1.82) is 0 Å². The molecule has 1 aliphatic rings. The number of benzene rings is 1. The SMILES string of the molecule is O=C(c1ccc([N+](=O)[O-])cc1)N1Cc2cccn2Cc2sccc21. The second-order valence-electron chi connectivity index (χ2n) is 5.55. The highest BCUT2D eigenvalue weighted by atomic mass is 32.1. The number of nitro groups is 1. The van der Waals surface area contributed by atoms with Gasteiger partial charge in [0.2, 0.25) is 0 Å². The van der Waals surface area contributed by atoms with Crippen molar-refractivity contribution < 1.29 is 9.72 Å². The first kappa shape index (κ1) is 14.6. The molecule has 0 bridgehead atoms. The number of carbonyl (C=O) groups excluding carboxylic acids is 1. The second-order valence-corrected chi connectivity index (χ2v) is 6.55. The molecular formula is C17H13N3O3S. The van der Waals surface area contributed by atoms with Crippen LogP contribution in [-0.4, -0.2) is 15.4 Å². The minimum atomic E-state index is -0.468. The molecule has 7 heteroatoms. The van der Waals surface area contributed by atoms with E-state index in [1.54, 1.807) is 16.2 Å². The lowest BCUT2D eigenvalue weighted by Crippen LogP contribution is -2.30. The Labute approximate surface area is 141 Å². The average molecular weight is 339 g/mol. The molecule has 0 atom stereocenters. The first-order valence-corrected chi connectivity index (χ1v) is 8.28. The van der Waals surface area contributed by atoms with Gasteiger partial charge < -0.3 is 9.47 Å². The molecule has 0 saturated carbocycles. The number of rotatable bonds is 2. The maximum Gasteiger partial charge on any atom is 0.269 e. The number of carbonyl (C=O) groups is 1. The molecule has 1 aromatic carbocycles. The number of nitrogens with zero attached hydrogens (tertiary/aromatic N) is 3. The van der Waals surface area contributed by atoms with Gasteiger partial charge in [-0.05, 0) is 35.7 Å². The van der Waals surface area contributed by atoms with Crippen molar-refractivity contribution in [1.82, 2.24) is 4.57 Å². The van der Waals surface area contributed by atoms with Crippen molar-refractivity contribution in [3.63, 3.8) is 0 Å². The van der Waals surface area contributed by atoms with Crippen LogP contribution in [0.1, 0.15) is 20.9 Å². The molecule has 0 saturated heterocycles. The van der Waals surface area contributed by atoms with Gasteiger partial charge in [0.25, 0.3) is 11.6 Å². The molecule has 0 radical (unpaired) electrons. The molecule has 1 amide bonds. The molecule has 0 aliphatic carbocycles. The van der Waals surface area contributed by atoms with E-state index in [1.165, 1.54) is 24.3 Å². The molecule has 0 N–H and O–H groups in total. The third-order valence-corrected chi connectivity index (χ3v) is 5.04. The van der Waals surface area contributed by atoms with Crippen LogP contribution in [-0.2, 0) is 13.1 Å². The van der Waals surface area contributed by atoms with Crippen LogP contribution in [0.3, 0.4) is 0 Å². The van der Waals surface area contributed by atoms with E-state index in [-0.39, 0.29) is 11.6 Å². The number of hydrogen-bond donors (Lipinski definition) is 0. The standard InChI is InChI=1S/C17H13N3O3S/c21-17(12-3-5-13(6-4-12)20(22)23)19-10-14-2-1-8-18(14)11-16-15(19)7-9-24-16/h1-9H,10-11H2. The number of aromatic nitrogens is 1. The van der Waals surface area contributed by atoms with Crippen LogP contribution in [0.25, 0.3) is 0 Å². The normalized spacial score (nSPS) is 13.1. The monoisotopic (exact) mass is 339 g/mol. The Morgan fingerprint density at radius 2 is 1.92 bits per heavy atom. The Balaban J connectivity index is 1.72. The van der Waals surface area contributed by atoms with E-state index in [1.807, 2.05) is 29.8 Å². The molecule has 3 heterocycles. The zero-order valence-corrected chi connectivity index (χ0v) is 13.4. The highest BCUT2D eigenvalue weighted by Crippen LogP contribution is 2.33. The molecule has 0 spiro atoms. The third kappa shape index (κ3) is 2.39.